The minimum Gasteiger partial charge on any atom is -0.402 e. The molecule has 0 bridgehead atoms. The first-order valence-electron chi connectivity index (χ1n) is 4.91. The predicted molar refractivity (Wildman–Crippen MR) is 55.0 cm³/mol. The van der Waals surface area contributed by atoms with Crippen LogP contribution in [0.5, 0.6) is 0 Å². The number of hydrogen-bond donors (Lipinski definition) is 3. The molecule has 24 heavy (non-hydrogen) atoms. The van der Waals surface area contributed by atoms with E-state index in [4.69, 9.17) is 15.1 Å². The molecule has 0 aliphatic carbocycles. The number of rotatable bonds is 1. The molecule has 1 heterocycles. The van der Waals surface area contributed by atoms with Crippen LogP contribution < -0.4 is 0 Å². The predicted octanol–water partition coefficient (Wildman–Crippen LogP) is 0.567. The molecule has 7 nitrogen and oxygen atoms in total. The van der Waals surface area contributed by atoms with Crippen molar-refractivity contribution >= 4 is 17.3 Å². The molecule has 140 valence electrons. The second-order valence-electron chi connectivity index (χ2n) is 3.54. The summed E-state index contributed by atoms with van der Waals surface area (Å²) in [6.45, 7) is 0. The molecule has 0 atom stereocenters. The first-order valence-corrected chi connectivity index (χ1v) is 6.35. The molecule has 0 radical (unpaired) electrons. The standard InChI is InChI=1S/C6HF9N2O2S.BH3O3/c7-4(8,9)2-1-17(3(16-2)5(10,11)12)20(18,19)6(13,14)15;2-1(3)4/h1H;2-4H. The van der Waals surface area contributed by atoms with Crippen molar-refractivity contribution in [2.45, 2.75) is 17.9 Å². The summed E-state index contributed by atoms with van der Waals surface area (Å²) < 4.78 is 130. The van der Waals surface area contributed by atoms with E-state index < -0.39 is 56.9 Å². The molecule has 0 amide bonds. The van der Waals surface area contributed by atoms with Gasteiger partial charge in [0.05, 0.1) is 6.20 Å². The highest BCUT2D eigenvalue weighted by Gasteiger charge is 2.53. The van der Waals surface area contributed by atoms with Gasteiger partial charge >= 0.3 is 35.2 Å². The topological polar surface area (TPSA) is 113 Å². The summed E-state index contributed by atoms with van der Waals surface area (Å²) >= 11 is 0. The van der Waals surface area contributed by atoms with Crippen LogP contribution in [0.15, 0.2) is 6.20 Å². The lowest BCUT2D eigenvalue weighted by atomic mass is 10.3. The van der Waals surface area contributed by atoms with Crippen LogP contribution in [-0.2, 0) is 22.4 Å². The minimum absolute atomic E-state index is 0.883. The van der Waals surface area contributed by atoms with E-state index in [0.29, 0.717) is 0 Å². The Balaban J connectivity index is 0.00000118. The van der Waals surface area contributed by atoms with Crippen molar-refractivity contribution in [3.8, 4) is 0 Å². The van der Waals surface area contributed by atoms with E-state index in [9.17, 15) is 47.9 Å². The van der Waals surface area contributed by atoms with Crippen molar-refractivity contribution in [1.29, 1.82) is 0 Å². The lowest BCUT2D eigenvalue weighted by Gasteiger charge is -2.12. The first-order chi connectivity index (χ1) is 10.3. The Morgan fingerprint density at radius 3 is 1.54 bits per heavy atom. The maximum Gasteiger partial charge on any atom is 0.631 e. The Kier molecular flexibility index (Phi) is 6.34. The van der Waals surface area contributed by atoms with Gasteiger partial charge in [-0.2, -0.15) is 47.9 Å². The highest BCUT2D eigenvalue weighted by atomic mass is 32.2. The van der Waals surface area contributed by atoms with Crippen LogP contribution in [-0.4, -0.2) is 45.3 Å². The van der Waals surface area contributed by atoms with Crippen LogP contribution in [0.1, 0.15) is 11.5 Å². The third-order valence-electron chi connectivity index (χ3n) is 1.77. The van der Waals surface area contributed by atoms with E-state index in [1.807, 2.05) is 4.98 Å². The number of alkyl halides is 9. The second kappa shape index (κ2) is 6.77. The van der Waals surface area contributed by atoms with Gasteiger partial charge in [0.25, 0.3) is 0 Å². The molecule has 0 aliphatic rings. The lowest BCUT2D eigenvalue weighted by molar-refractivity contribution is -0.149. The zero-order valence-corrected chi connectivity index (χ0v) is 11.3. The number of hydrogen-bond acceptors (Lipinski definition) is 6. The van der Waals surface area contributed by atoms with Gasteiger partial charge in [0.2, 0.25) is 5.82 Å². The summed E-state index contributed by atoms with van der Waals surface area (Å²) in [5.41, 5.74) is -8.64. The number of halogens is 9. The highest BCUT2D eigenvalue weighted by molar-refractivity contribution is 7.90. The van der Waals surface area contributed by atoms with Crippen LogP contribution in [0.3, 0.4) is 0 Å². The SMILES string of the molecule is O=S(=O)(n1cc(C(F)(F)F)nc1C(F)(F)F)C(F)(F)F.OB(O)O. The number of aromatic nitrogens is 2. The monoisotopic (exact) mass is 398 g/mol. The summed E-state index contributed by atoms with van der Waals surface area (Å²) in [5, 5.41) is 21.5. The van der Waals surface area contributed by atoms with Crippen LogP contribution in [0.2, 0.25) is 0 Å². The van der Waals surface area contributed by atoms with Gasteiger partial charge in [-0.05, 0) is 0 Å². The third kappa shape index (κ3) is 5.53. The van der Waals surface area contributed by atoms with Crippen molar-refractivity contribution in [1.82, 2.24) is 8.96 Å². The molecule has 0 unspecified atom stereocenters. The van der Waals surface area contributed by atoms with Crippen molar-refractivity contribution < 1.29 is 63.0 Å². The van der Waals surface area contributed by atoms with Crippen molar-refractivity contribution in [3.05, 3.63) is 17.7 Å². The molecule has 1 aromatic rings. The van der Waals surface area contributed by atoms with Crippen molar-refractivity contribution in [2.24, 2.45) is 0 Å². The van der Waals surface area contributed by atoms with Gasteiger partial charge in [-0.15, -0.1) is 0 Å². The molecule has 0 aromatic carbocycles. The number of nitrogens with zero attached hydrogens (tertiary/aromatic N) is 2. The maximum atomic E-state index is 12.3. The average molecular weight is 398 g/mol. The smallest absolute Gasteiger partial charge is 0.402 e. The first kappa shape index (κ1) is 22.5. The van der Waals surface area contributed by atoms with Crippen molar-refractivity contribution in [2.75, 3.05) is 0 Å². The fourth-order valence-corrected chi connectivity index (χ4v) is 1.82. The fourth-order valence-electron chi connectivity index (χ4n) is 0.984. The zero-order valence-electron chi connectivity index (χ0n) is 10.5. The zero-order chi connectivity index (χ0) is 19.7. The Morgan fingerprint density at radius 1 is 0.917 bits per heavy atom. The minimum atomic E-state index is -6.70. The van der Waals surface area contributed by atoms with Gasteiger partial charge in [-0.25, -0.2) is 8.96 Å². The van der Waals surface area contributed by atoms with Gasteiger partial charge in [-0.1, -0.05) is 0 Å². The highest BCUT2D eigenvalue weighted by Crippen LogP contribution is 2.37. The fraction of sp³-hybridized carbons (Fsp3) is 0.500. The maximum absolute atomic E-state index is 12.3. The van der Waals surface area contributed by atoms with E-state index in [0.717, 1.165) is 0 Å². The van der Waals surface area contributed by atoms with E-state index in [-0.39, 0.29) is 0 Å². The van der Waals surface area contributed by atoms with Crippen LogP contribution >= 0.6 is 0 Å². The summed E-state index contributed by atoms with van der Waals surface area (Å²) in [5.74, 6) is -2.85. The molecular formula is C6H4BF9N2O5S. The van der Waals surface area contributed by atoms with E-state index in [1.54, 1.807) is 0 Å². The van der Waals surface area contributed by atoms with Crippen LogP contribution in [0, 0.1) is 0 Å². The van der Waals surface area contributed by atoms with Gasteiger partial charge in [0, 0.05) is 0 Å². The van der Waals surface area contributed by atoms with Crippen molar-refractivity contribution in [3.63, 3.8) is 0 Å². The van der Waals surface area contributed by atoms with Crippen LogP contribution in [0.4, 0.5) is 39.5 Å². The Morgan fingerprint density at radius 2 is 1.29 bits per heavy atom. The van der Waals surface area contributed by atoms with Gasteiger partial charge in [0.1, 0.15) is 0 Å². The summed E-state index contributed by atoms with van der Waals surface area (Å²) in [4.78, 5) is 1.87. The molecule has 1 aromatic heterocycles. The van der Waals surface area contributed by atoms with E-state index in [1.165, 1.54) is 0 Å². The average Bonchev–Trinajstić information content (AvgIpc) is 2.70. The molecular weight excluding hydrogens is 394 g/mol. The Hall–Kier alpha value is -1.53. The molecule has 3 N–H and O–H groups in total. The number of imidazole rings is 1. The second-order valence-corrected chi connectivity index (χ2v) is 5.34. The summed E-state index contributed by atoms with van der Waals surface area (Å²) in [6.07, 6.45) is -12.3. The third-order valence-corrected chi connectivity index (χ3v) is 3.15. The van der Waals surface area contributed by atoms with Gasteiger partial charge in [-0.3, -0.25) is 0 Å². The van der Waals surface area contributed by atoms with Gasteiger partial charge in [0.15, 0.2) is 5.69 Å². The quantitative estimate of drug-likeness (QED) is 0.471. The van der Waals surface area contributed by atoms with Crippen LogP contribution in [0.25, 0.3) is 0 Å². The molecule has 0 fully saturated rings. The molecule has 1 rings (SSSR count). The summed E-state index contributed by atoms with van der Waals surface area (Å²) in [7, 11) is -8.86. The van der Waals surface area contributed by atoms with E-state index in [2.05, 4.69) is 0 Å². The largest absolute Gasteiger partial charge is 0.631 e. The molecule has 18 heteroatoms. The van der Waals surface area contributed by atoms with Gasteiger partial charge < -0.3 is 15.1 Å². The lowest BCUT2D eigenvalue weighted by Crippen LogP contribution is -2.32. The molecule has 0 saturated heterocycles. The molecule has 0 saturated carbocycles. The molecule has 0 spiro atoms. The Bertz CT molecular complexity index is 659. The summed E-state index contributed by atoms with van der Waals surface area (Å²) in [6, 6.07) is 0. The van der Waals surface area contributed by atoms with E-state index >= 15 is 0 Å². The normalized spacial score (nSPS) is 13.3. The molecule has 0 aliphatic heterocycles. The Labute approximate surface area is 126 Å².